The van der Waals surface area contributed by atoms with Gasteiger partial charge in [0, 0.05) is 0 Å². The van der Waals surface area contributed by atoms with E-state index in [1.165, 1.54) is 0 Å². The van der Waals surface area contributed by atoms with E-state index in [9.17, 15) is 9.90 Å². The highest BCUT2D eigenvalue weighted by Crippen LogP contribution is 2.41. The van der Waals surface area contributed by atoms with Crippen LogP contribution in [-0.4, -0.2) is 24.8 Å². The van der Waals surface area contributed by atoms with Crippen molar-refractivity contribution >= 4 is 5.97 Å². The molecule has 1 aromatic carbocycles. The number of rotatable bonds is 6. The van der Waals surface area contributed by atoms with Gasteiger partial charge in [0.25, 0.3) is 0 Å². The average molecular weight is 292 g/mol. The molecular formula is C17H24O4. The molecule has 0 spiro atoms. The second kappa shape index (κ2) is 6.83. The van der Waals surface area contributed by atoms with E-state index in [0.29, 0.717) is 18.9 Å². The van der Waals surface area contributed by atoms with Crippen LogP contribution in [0.1, 0.15) is 39.0 Å². The number of carboxylic acids is 1. The maximum absolute atomic E-state index is 11.6. The molecule has 0 amide bonds. The number of benzene rings is 1. The SMILES string of the molecule is COc1ccc(OCCC2(C(=O)O)CCC(C)CC2)cc1. The summed E-state index contributed by atoms with van der Waals surface area (Å²) in [6, 6.07) is 7.36. The lowest BCUT2D eigenvalue weighted by Gasteiger charge is -2.35. The van der Waals surface area contributed by atoms with Crippen molar-refractivity contribution in [2.45, 2.75) is 39.0 Å². The zero-order chi connectivity index (χ0) is 15.3. The molecule has 4 heteroatoms. The van der Waals surface area contributed by atoms with Crippen molar-refractivity contribution in [3.8, 4) is 11.5 Å². The van der Waals surface area contributed by atoms with Gasteiger partial charge in [-0.15, -0.1) is 0 Å². The topological polar surface area (TPSA) is 55.8 Å². The Morgan fingerprint density at radius 2 is 1.81 bits per heavy atom. The third-order valence-electron chi connectivity index (χ3n) is 4.59. The molecule has 1 saturated carbocycles. The van der Waals surface area contributed by atoms with Crippen molar-refractivity contribution < 1.29 is 19.4 Å². The van der Waals surface area contributed by atoms with Crippen molar-refractivity contribution in [3.05, 3.63) is 24.3 Å². The Kier molecular flexibility index (Phi) is 5.10. The maximum Gasteiger partial charge on any atom is 0.309 e. The van der Waals surface area contributed by atoms with E-state index in [1.54, 1.807) is 7.11 Å². The first-order valence-electron chi connectivity index (χ1n) is 7.56. The standard InChI is InChI=1S/C17H24O4/c1-13-7-9-17(10-8-13,16(18)19)11-12-21-15-5-3-14(20-2)4-6-15/h3-6,13H,7-12H2,1-2H3,(H,18,19). The van der Waals surface area contributed by atoms with Crippen molar-refractivity contribution in [3.63, 3.8) is 0 Å². The van der Waals surface area contributed by atoms with Crippen molar-refractivity contribution in [2.24, 2.45) is 11.3 Å². The number of carbonyl (C=O) groups is 1. The Bertz CT molecular complexity index is 458. The van der Waals surface area contributed by atoms with Crippen LogP contribution in [-0.2, 0) is 4.79 Å². The molecule has 0 aromatic heterocycles. The van der Waals surface area contributed by atoms with Crippen molar-refractivity contribution in [1.29, 1.82) is 0 Å². The summed E-state index contributed by atoms with van der Waals surface area (Å²) in [4.78, 5) is 11.6. The lowest BCUT2D eigenvalue weighted by Crippen LogP contribution is -2.36. The number of carboxylic acid groups (broad SMARTS) is 1. The van der Waals surface area contributed by atoms with Crippen LogP contribution in [0.4, 0.5) is 0 Å². The molecule has 0 aliphatic heterocycles. The van der Waals surface area contributed by atoms with Crippen LogP contribution in [0.3, 0.4) is 0 Å². The number of hydrogen-bond acceptors (Lipinski definition) is 3. The predicted octanol–water partition coefficient (Wildman–Crippen LogP) is 3.75. The summed E-state index contributed by atoms with van der Waals surface area (Å²) in [6.07, 6.45) is 4.08. The smallest absolute Gasteiger partial charge is 0.309 e. The summed E-state index contributed by atoms with van der Waals surface area (Å²) in [6.45, 7) is 2.63. The van der Waals surface area contributed by atoms with Gasteiger partial charge < -0.3 is 14.6 Å². The molecule has 0 unspecified atom stereocenters. The van der Waals surface area contributed by atoms with E-state index >= 15 is 0 Å². The largest absolute Gasteiger partial charge is 0.497 e. The third-order valence-corrected chi connectivity index (χ3v) is 4.59. The summed E-state index contributed by atoms with van der Waals surface area (Å²) < 4.78 is 10.8. The Balaban J connectivity index is 1.88. The molecule has 0 bridgehead atoms. The highest BCUT2D eigenvalue weighted by Gasteiger charge is 2.40. The molecule has 2 rings (SSSR count). The highest BCUT2D eigenvalue weighted by molar-refractivity contribution is 5.74. The summed E-state index contributed by atoms with van der Waals surface area (Å²) in [5, 5.41) is 9.57. The predicted molar refractivity (Wildman–Crippen MR) is 80.8 cm³/mol. The van der Waals surface area contributed by atoms with Gasteiger partial charge in [0.15, 0.2) is 0 Å². The zero-order valence-electron chi connectivity index (χ0n) is 12.8. The normalized spacial score (nSPS) is 25.3. The van der Waals surface area contributed by atoms with Crippen LogP contribution in [0, 0.1) is 11.3 Å². The van der Waals surface area contributed by atoms with E-state index < -0.39 is 11.4 Å². The third kappa shape index (κ3) is 3.90. The molecule has 21 heavy (non-hydrogen) atoms. The van der Waals surface area contributed by atoms with Crippen LogP contribution in [0.2, 0.25) is 0 Å². The minimum atomic E-state index is -0.673. The molecule has 1 fully saturated rings. The van der Waals surface area contributed by atoms with Gasteiger partial charge in [-0.05, 0) is 62.3 Å². The van der Waals surface area contributed by atoms with Gasteiger partial charge >= 0.3 is 5.97 Å². The first kappa shape index (κ1) is 15.7. The number of methoxy groups -OCH3 is 1. The Hall–Kier alpha value is -1.71. The van der Waals surface area contributed by atoms with E-state index in [0.717, 1.165) is 37.2 Å². The second-order valence-corrected chi connectivity index (χ2v) is 6.04. The fraction of sp³-hybridized carbons (Fsp3) is 0.588. The molecule has 1 N–H and O–H groups in total. The number of hydrogen-bond donors (Lipinski definition) is 1. The molecule has 1 aromatic rings. The molecule has 1 aliphatic rings. The minimum absolute atomic E-state index is 0.438. The molecule has 0 radical (unpaired) electrons. The zero-order valence-corrected chi connectivity index (χ0v) is 12.8. The lowest BCUT2D eigenvalue weighted by atomic mass is 9.69. The molecule has 4 nitrogen and oxygen atoms in total. The van der Waals surface area contributed by atoms with E-state index in [2.05, 4.69) is 6.92 Å². The molecule has 0 atom stereocenters. The second-order valence-electron chi connectivity index (χ2n) is 6.04. The van der Waals surface area contributed by atoms with Gasteiger partial charge in [0.1, 0.15) is 11.5 Å². The Morgan fingerprint density at radius 1 is 1.24 bits per heavy atom. The van der Waals surface area contributed by atoms with E-state index in [1.807, 2.05) is 24.3 Å². The van der Waals surface area contributed by atoms with Crippen LogP contribution in [0.25, 0.3) is 0 Å². The highest BCUT2D eigenvalue weighted by atomic mass is 16.5. The van der Waals surface area contributed by atoms with Gasteiger partial charge in [-0.2, -0.15) is 0 Å². The fourth-order valence-electron chi connectivity index (χ4n) is 2.92. The summed E-state index contributed by atoms with van der Waals surface area (Å²) >= 11 is 0. The number of ether oxygens (including phenoxy) is 2. The summed E-state index contributed by atoms with van der Waals surface area (Å²) in [7, 11) is 1.62. The van der Waals surface area contributed by atoms with Gasteiger partial charge in [-0.3, -0.25) is 4.79 Å². The van der Waals surface area contributed by atoms with E-state index in [-0.39, 0.29) is 0 Å². The van der Waals surface area contributed by atoms with Crippen LogP contribution >= 0.6 is 0 Å². The summed E-state index contributed by atoms with van der Waals surface area (Å²) in [5.74, 6) is 1.50. The molecular weight excluding hydrogens is 268 g/mol. The fourth-order valence-corrected chi connectivity index (χ4v) is 2.92. The monoisotopic (exact) mass is 292 g/mol. The van der Waals surface area contributed by atoms with Gasteiger partial charge in [-0.25, -0.2) is 0 Å². The van der Waals surface area contributed by atoms with Gasteiger partial charge in [-0.1, -0.05) is 6.92 Å². The van der Waals surface area contributed by atoms with Crippen LogP contribution in [0.15, 0.2) is 24.3 Å². The van der Waals surface area contributed by atoms with E-state index in [4.69, 9.17) is 9.47 Å². The summed E-state index contributed by atoms with van der Waals surface area (Å²) in [5.41, 5.74) is -0.598. The van der Waals surface area contributed by atoms with Crippen LogP contribution < -0.4 is 9.47 Å². The molecule has 0 heterocycles. The van der Waals surface area contributed by atoms with Crippen molar-refractivity contribution in [1.82, 2.24) is 0 Å². The average Bonchev–Trinajstić information content (AvgIpc) is 2.50. The van der Waals surface area contributed by atoms with Gasteiger partial charge in [0.05, 0.1) is 19.1 Å². The quantitative estimate of drug-likeness (QED) is 0.867. The Labute approximate surface area is 126 Å². The molecule has 116 valence electrons. The molecule has 1 aliphatic carbocycles. The number of aliphatic carboxylic acids is 1. The lowest BCUT2D eigenvalue weighted by molar-refractivity contribution is -0.152. The maximum atomic E-state index is 11.6. The van der Waals surface area contributed by atoms with Gasteiger partial charge in [0.2, 0.25) is 0 Å². The first-order valence-corrected chi connectivity index (χ1v) is 7.56. The van der Waals surface area contributed by atoms with Crippen LogP contribution in [0.5, 0.6) is 11.5 Å². The first-order chi connectivity index (χ1) is 10.1. The minimum Gasteiger partial charge on any atom is -0.497 e. The van der Waals surface area contributed by atoms with Crippen molar-refractivity contribution in [2.75, 3.05) is 13.7 Å². The molecule has 0 saturated heterocycles. The Morgan fingerprint density at radius 3 is 2.33 bits per heavy atom.